The van der Waals surface area contributed by atoms with Crippen LogP contribution in [0.5, 0.6) is 0 Å². The van der Waals surface area contributed by atoms with Gasteiger partial charge in [0, 0.05) is 17.6 Å². The highest BCUT2D eigenvalue weighted by atomic mass is 32.1. The van der Waals surface area contributed by atoms with Gasteiger partial charge in [-0.1, -0.05) is 6.92 Å². The molecule has 0 saturated carbocycles. The smallest absolute Gasteiger partial charge is 0.169 e. The standard InChI is InChI=1S/C12H15NOS/c1-4-5-13-8(2)6-10-7-11(9(3)14)15-12(10)13/h6-7H,4-5H2,1-3H3. The lowest BCUT2D eigenvalue weighted by Gasteiger charge is -2.03. The van der Waals surface area contributed by atoms with Gasteiger partial charge in [0.05, 0.1) is 4.88 Å². The van der Waals surface area contributed by atoms with Gasteiger partial charge in [0.2, 0.25) is 0 Å². The number of hydrogen-bond acceptors (Lipinski definition) is 2. The number of rotatable bonds is 3. The van der Waals surface area contributed by atoms with Crippen molar-refractivity contribution < 1.29 is 4.79 Å². The van der Waals surface area contributed by atoms with Gasteiger partial charge in [-0.3, -0.25) is 4.79 Å². The average Bonchev–Trinajstić information content (AvgIpc) is 2.67. The summed E-state index contributed by atoms with van der Waals surface area (Å²) in [6.07, 6.45) is 1.12. The summed E-state index contributed by atoms with van der Waals surface area (Å²) in [5.74, 6) is 0.164. The van der Waals surface area contributed by atoms with Gasteiger partial charge in [-0.2, -0.15) is 0 Å². The molecule has 0 aliphatic heterocycles. The number of hydrogen-bond donors (Lipinski definition) is 0. The van der Waals surface area contributed by atoms with Crippen LogP contribution in [-0.2, 0) is 6.54 Å². The van der Waals surface area contributed by atoms with E-state index in [1.54, 1.807) is 18.3 Å². The molecule has 80 valence electrons. The summed E-state index contributed by atoms with van der Waals surface area (Å²) in [7, 11) is 0. The minimum absolute atomic E-state index is 0.164. The van der Waals surface area contributed by atoms with Gasteiger partial charge in [-0.25, -0.2) is 0 Å². The second-order valence-corrected chi connectivity index (χ2v) is 4.90. The first-order valence-corrected chi connectivity index (χ1v) is 6.05. The van der Waals surface area contributed by atoms with Gasteiger partial charge in [-0.05, 0) is 32.4 Å². The van der Waals surface area contributed by atoms with Crippen molar-refractivity contribution in [3.05, 3.63) is 22.7 Å². The van der Waals surface area contributed by atoms with Crippen molar-refractivity contribution in [1.82, 2.24) is 4.57 Å². The van der Waals surface area contributed by atoms with Crippen LogP contribution in [0.4, 0.5) is 0 Å². The van der Waals surface area contributed by atoms with E-state index in [2.05, 4.69) is 24.5 Å². The maximum Gasteiger partial charge on any atom is 0.169 e. The summed E-state index contributed by atoms with van der Waals surface area (Å²) >= 11 is 1.61. The molecule has 2 heterocycles. The van der Waals surface area contributed by atoms with Crippen LogP contribution >= 0.6 is 11.3 Å². The molecule has 2 aromatic rings. The van der Waals surface area contributed by atoms with Gasteiger partial charge in [-0.15, -0.1) is 11.3 Å². The lowest BCUT2D eigenvalue weighted by atomic mass is 10.3. The average molecular weight is 221 g/mol. The van der Waals surface area contributed by atoms with Gasteiger partial charge in [0.15, 0.2) is 5.78 Å². The number of aryl methyl sites for hydroxylation is 2. The van der Waals surface area contributed by atoms with E-state index in [0.29, 0.717) is 0 Å². The Bertz CT molecular complexity index is 507. The molecule has 3 heteroatoms. The minimum atomic E-state index is 0.164. The molecule has 2 rings (SSSR count). The zero-order chi connectivity index (χ0) is 11.0. The van der Waals surface area contributed by atoms with Crippen LogP contribution in [0.15, 0.2) is 12.1 Å². The van der Waals surface area contributed by atoms with Crippen LogP contribution in [0.25, 0.3) is 10.2 Å². The maximum absolute atomic E-state index is 11.3. The third kappa shape index (κ3) is 1.72. The van der Waals surface area contributed by atoms with Crippen molar-refractivity contribution in [2.24, 2.45) is 0 Å². The van der Waals surface area contributed by atoms with Crippen molar-refractivity contribution in [2.75, 3.05) is 0 Å². The Morgan fingerprint density at radius 2 is 2.20 bits per heavy atom. The van der Waals surface area contributed by atoms with E-state index >= 15 is 0 Å². The molecule has 0 aliphatic rings. The topological polar surface area (TPSA) is 22.0 Å². The van der Waals surface area contributed by atoms with Crippen molar-refractivity contribution in [3.8, 4) is 0 Å². The van der Waals surface area contributed by atoms with E-state index in [4.69, 9.17) is 0 Å². The highest BCUT2D eigenvalue weighted by molar-refractivity contribution is 7.20. The normalized spacial score (nSPS) is 11.1. The molecule has 0 aromatic carbocycles. The first kappa shape index (κ1) is 10.4. The van der Waals surface area contributed by atoms with Crippen molar-refractivity contribution in [1.29, 1.82) is 0 Å². The van der Waals surface area contributed by atoms with Gasteiger partial charge >= 0.3 is 0 Å². The summed E-state index contributed by atoms with van der Waals surface area (Å²) in [6.45, 7) is 6.95. The molecule has 0 bridgehead atoms. The van der Waals surface area contributed by atoms with E-state index in [1.165, 1.54) is 15.9 Å². The van der Waals surface area contributed by atoms with Crippen LogP contribution in [-0.4, -0.2) is 10.4 Å². The number of Topliss-reactive ketones (excluding diaryl/α,β-unsaturated/α-hetero) is 1. The molecule has 0 fully saturated rings. The molecule has 0 saturated heterocycles. The minimum Gasteiger partial charge on any atom is -0.337 e. The fourth-order valence-electron chi connectivity index (χ4n) is 1.85. The zero-order valence-corrected chi connectivity index (χ0v) is 10.1. The second-order valence-electron chi connectivity index (χ2n) is 3.86. The largest absolute Gasteiger partial charge is 0.337 e. The number of carbonyl (C=O) groups excluding carboxylic acids is 1. The van der Waals surface area contributed by atoms with E-state index in [0.717, 1.165) is 17.8 Å². The number of carbonyl (C=O) groups is 1. The van der Waals surface area contributed by atoms with Crippen molar-refractivity contribution in [3.63, 3.8) is 0 Å². The molecule has 2 nitrogen and oxygen atoms in total. The Hall–Kier alpha value is -1.09. The first-order chi connectivity index (χ1) is 7.13. The number of aromatic nitrogens is 1. The van der Waals surface area contributed by atoms with Gasteiger partial charge in [0.25, 0.3) is 0 Å². The highest BCUT2D eigenvalue weighted by Crippen LogP contribution is 2.29. The fraction of sp³-hybridized carbons (Fsp3) is 0.417. The Kier molecular flexibility index (Phi) is 2.65. The molecule has 0 amide bonds. The first-order valence-electron chi connectivity index (χ1n) is 5.24. The fourth-order valence-corrected chi connectivity index (χ4v) is 2.97. The Morgan fingerprint density at radius 3 is 2.80 bits per heavy atom. The quantitative estimate of drug-likeness (QED) is 0.725. The predicted octanol–water partition coefficient (Wildman–Crippen LogP) is 3.62. The SMILES string of the molecule is CCCn1c(C)cc2cc(C(C)=O)sc21. The number of nitrogens with zero attached hydrogens (tertiary/aromatic N) is 1. The molecular formula is C12H15NOS. The summed E-state index contributed by atoms with van der Waals surface area (Å²) in [4.78, 5) is 13.4. The molecular weight excluding hydrogens is 206 g/mol. The number of ketones is 1. The van der Waals surface area contributed by atoms with Crippen LogP contribution in [0.3, 0.4) is 0 Å². The van der Waals surface area contributed by atoms with E-state index in [1.807, 2.05) is 6.07 Å². The molecule has 0 N–H and O–H groups in total. The second kappa shape index (κ2) is 3.81. The van der Waals surface area contributed by atoms with Crippen LogP contribution in [0.2, 0.25) is 0 Å². The summed E-state index contributed by atoms with van der Waals surface area (Å²) in [5.41, 5.74) is 1.29. The highest BCUT2D eigenvalue weighted by Gasteiger charge is 2.11. The summed E-state index contributed by atoms with van der Waals surface area (Å²) in [5, 5.41) is 1.20. The lowest BCUT2D eigenvalue weighted by Crippen LogP contribution is -1.97. The third-order valence-electron chi connectivity index (χ3n) is 2.57. The van der Waals surface area contributed by atoms with E-state index < -0.39 is 0 Å². The number of thiophene rings is 1. The molecule has 0 radical (unpaired) electrons. The predicted molar refractivity (Wildman–Crippen MR) is 64.8 cm³/mol. The van der Waals surface area contributed by atoms with Crippen LogP contribution in [0, 0.1) is 6.92 Å². The summed E-state index contributed by atoms with van der Waals surface area (Å²) < 4.78 is 2.30. The Balaban J connectivity index is 2.58. The van der Waals surface area contributed by atoms with E-state index in [-0.39, 0.29) is 5.78 Å². The molecule has 0 aliphatic carbocycles. The van der Waals surface area contributed by atoms with Crippen LogP contribution < -0.4 is 0 Å². The van der Waals surface area contributed by atoms with Crippen molar-refractivity contribution >= 4 is 27.3 Å². The Labute approximate surface area is 93.5 Å². The number of fused-ring (bicyclic) bond motifs is 1. The maximum atomic E-state index is 11.3. The van der Waals surface area contributed by atoms with Crippen molar-refractivity contribution in [2.45, 2.75) is 33.7 Å². The molecule has 0 spiro atoms. The third-order valence-corrected chi connectivity index (χ3v) is 3.84. The Morgan fingerprint density at radius 1 is 1.47 bits per heavy atom. The lowest BCUT2D eigenvalue weighted by molar-refractivity contribution is 0.102. The monoisotopic (exact) mass is 221 g/mol. The van der Waals surface area contributed by atoms with E-state index in [9.17, 15) is 4.79 Å². The molecule has 2 aromatic heterocycles. The van der Waals surface area contributed by atoms with Crippen LogP contribution in [0.1, 0.15) is 35.6 Å². The van der Waals surface area contributed by atoms with Gasteiger partial charge < -0.3 is 4.57 Å². The summed E-state index contributed by atoms with van der Waals surface area (Å²) in [6, 6.07) is 4.16. The molecule has 0 unspecified atom stereocenters. The van der Waals surface area contributed by atoms with Gasteiger partial charge in [0.1, 0.15) is 4.83 Å². The molecule has 15 heavy (non-hydrogen) atoms. The zero-order valence-electron chi connectivity index (χ0n) is 9.33. The molecule has 0 atom stereocenters.